The third kappa shape index (κ3) is 4.14. The summed E-state index contributed by atoms with van der Waals surface area (Å²) in [6.07, 6.45) is 1.09. The Bertz CT molecular complexity index is 588. The highest BCUT2D eigenvalue weighted by molar-refractivity contribution is 7.85. The average molecular weight is 286 g/mol. The Morgan fingerprint density at radius 2 is 1.65 bits per heavy atom. The molecule has 0 amide bonds. The molecular formula is C17H18O2S. The van der Waals surface area contributed by atoms with Gasteiger partial charge in [0, 0.05) is 22.6 Å². The Morgan fingerprint density at radius 3 is 2.30 bits per heavy atom. The fourth-order valence-corrected chi connectivity index (χ4v) is 3.02. The Balaban J connectivity index is 1.83. The van der Waals surface area contributed by atoms with Crippen molar-refractivity contribution in [3.8, 4) is 0 Å². The molecule has 0 aliphatic rings. The second-order valence-corrected chi connectivity index (χ2v) is 6.33. The molecule has 0 heterocycles. The highest BCUT2D eigenvalue weighted by Gasteiger charge is 2.07. The first-order valence-electron chi connectivity index (χ1n) is 6.70. The van der Waals surface area contributed by atoms with Gasteiger partial charge in [-0.2, -0.15) is 0 Å². The van der Waals surface area contributed by atoms with E-state index in [0.717, 1.165) is 16.0 Å². The van der Waals surface area contributed by atoms with Crippen LogP contribution in [0.3, 0.4) is 0 Å². The van der Waals surface area contributed by atoms with Crippen LogP contribution in [0.4, 0.5) is 0 Å². The summed E-state index contributed by atoms with van der Waals surface area (Å²) in [5.41, 5.74) is 1.89. The van der Waals surface area contributed by atoms with E-state index in [2.05, 4.69) is 0 Å². The molecule has 0 radical (unpaired) electrons. The van der Waals surface area contributed by atoms with Gasteiger partial charge in [-0.25, -0.2) is 0 Å². The van der Waals surface area contributed by atoms with Crippen LogP contribution in [-0.2, 0) is 10.8 Å². The highest BCUT2D eigenvalue weighted by Crippen LogP contribution is 2.11. The molecule has 0 N–H and O–H groups in total. The van der Waals surface area contributed by atoms with Gasteiger partial charge in [0.05, 0.1) is 10.8 Å². The number of carbonyl (C=O) groups is 1. The van der Waals surface area contributed by atoms with E-state index in [1.807, 2.05) is 61.5 Å². The van der Waals surface area contributed by atoms with Gasteiger partial charge >= 0.3 is 0 Å². The third-order valence-electron chi connectivity index (χ3n) is 3.11. The number of aryl methyl sites for hydroxylation is 1. The summed E-state index contributed by atoms with van der Waals surface area (Å²) in [6, 6.07) is 17.0. The summed E-state index contributed by atoms with van der Waals surface area (Å²) in [7, 11) is -1.02. The minimum atomic E-state index is -1.02. The van der Waals surface area contributed by atoms with Crippen molar-refractivity contribution in [2.75, 3.05) is 5.75 Å². The molecule has 2 aromatic rings. The minimum Gasteiger partial charge on any atom is -0.294 e. The van der Waals surface area contributed by atoms with Crippen LogP contribution in [0.15, 0.2) is 59.5 Å². The van der Waals surface area contributed by atoms with Gasteiger partial charge < -0.3 is 0 Å². The number of benzene rings is 2. The number of carbonyl (C=O) groups excluding carboxylic acids is 1. The van der Waals surface area contributed by atoms with E-state index in [4.69, 9.17) is 0 Å². The molecule has 0 spiro atoms. The van der Waals surface area contributed by atoms with Gasteiger partial charge in [0.1, 0.15) is 0 Å². The molecular weight excluding hydrogens is 268 g/mol. The van der Waals surface area contributed by atoms with Crippen molar-refractivity contribution in [2.45, 2.75) is 24.7 Å². The normalized spacial score (nSPS) is 12.1. The molecule has 3 heteroatoms. The van der Waals surface area contributed by atoms with Crippen LogP contribution in [0.25, 0.3) is 0 Å². The molecule has 0 saturated heterocycles. The van der Waals surface area contributed by atoms with Crippen molar-refractivity contribution in [1.29, 1.82) is 0 Å². The lowest BCUT2D eigenvalue weighted by Crippen LogP contribution is -2.03. The first-order chi connectivity index (χ1) is 9.66. The van der Waals surface area contributed by atoms with E-state index in [0.29, 0.717) is 18.6 Å². The third-order valence-corrected chi connectivity index (χ3v) is 4.57. The molecule has 104 valence electrons. The average Bonchev–Trinajstić information content (AvgIpc) is 2.48. The van der Waals surface area contributed by atoms with Crippen LogP contribution in [0.1, 0.15) is 28.8 Å². The lowest BCUT2D eigenvalue weighted by Gasteiger charge is -2.03. The van der Waals surface area contributed by atoms with Gasteiger partial charge in [0.2, 0.25) is 0 Å². The molecule has 1 unspecified atom stereocenters. The first kappa shape index (κ1) is 14.7. The summed E-state index contributed by atoms with van der Waals surface area (Å²) in [5, 5.41) is 0. The Labute approximate surface area is 122 Å². The van der Waals surface area contributed by atoms with Crippen LogP contribution >= 0.6 is 0 Å². The molecule has 1 atom stereocenters. The topological polar surface area (TPSA) is 34.1 Å². The lowest BCUT2D eigenvalue weighted by molar-refractivity contribution is 0.0982. The predicted molar refractivity (Wildman–Crippen MR) is 82.5 cm³/mol. The second-order valence-electron chi connectivity index (χ2n) is 4.76. The van der Waals surface area contributed by atoms with Crippen LogP contribution in [0.2, 0.25) is 0 Å². The van der Waals surface area contributed by atoms with Crippen molar-refractivity contribution < 1.29 is 9.00 Å². The van der Waals surface area contributed by atoms with Crippen molar-refractivity contribution in [3.63, 3.8) is 0 Å². The maximum absolute atomic E-state index is 12.1. The maximum atomic E-state index is 12.1. The van der Waals surface area contributed by atoms with Crippen LogP contribution in [0.5, 0.6) is 0 Å². The zero-order chi connectivity index (χ0) is 14.4. The molecule has 0 bridgehead atoms. The zero-order valence-corrected chi connectivity index (χ0v) is 12.4. The number of rotatable bonds is 6. The van der Waals surface area contributed by atoms with Crippen molar-refractivity contribution in [2.24, 2.45) is 0 Å². The Morgan fingerprint density at radius 1 is 1.00 bits per heavy atom. The van der Waals surface area contributed by atoms with Crippen LogP contribution < -0.4 is 0 Å². The smallest absolute Gasteiger partial charge is 0.162 e. The number of hydrogen-bond donors (Lipinski definition) is 0. The summed E-state index contributed by atoms with van der Waals surface area (Å²) in [6.45, 7) is 2.01. The Hall–Kier alpha value is -1.74. The van der Waals surface area contributed by atoms with Crippen LogP contribution in [-0.4, -0.2) is 15.7 Å². The Kier molecular flexibility index (Phi) is 5.24. The molecule has 2 rings (SSSR count). The summed E-state index contributed by atoms with van der Waals surface area (Å²) < 4.78 is 12.1. The van der Waals surface area contributed by atoms with Gasteiger partial charge in [0.15, 0.2) is 5.78 Å². The molecule has 0 fully saturated rings. The fourth-order valence-electron chi connectivity index (χ4n) is 1.94. The molecule has 0 aromatic heterocycles. The van der Waals surface area contributed by atoms with Gasteiger partial charge in [-0.15, -0.1) is 0 Å². The molecule has 0 saturated carbocycles. The van der Waals surface area contributed by atoms with E-state index in [1.54, 1.807) is 0 Å². The van der Waals surface area contributed by atoms with Gasteiger partial charge in [0.25, 0.3) is 0 Å². The van der Waals surface area contributed by atoms with Gasteiger partial charge in [-0.1, -0.05) is 48.0 Å². The molecule has 0 aliphatic heterocycles. The minimum absolute atomic E-state index is 0.117. The van der Waals surface area contributed by atoms with E-state index < -0.39 is 10.8 Å². The van der Waals surface area contributed by atoms with E-state index in [1.165, 1.54) is 0 Å². The van der Waals surface area contributed by atoms with Gasteiger partial charge in [-0.05, 0) is 25.5 Å². The zero-order valence-electron chi connectivity index (χ0n) is 11.5. The summed E-state index contributed by atoms with van der Waals surface area (Å²) in [5.74, 6) is 0.647. The number of Topliss-reactive ketones (excluding diaryl/α,β-unsaturated/α-hetero) is 1. The predicted octanol–water partition coefficient (Wildman–Crippen LogP) is 3.77. The SMILES string of the molecule is Cc1ccc(S(=O)CCCC(=O)c2ccccc2)cc1. The number of hydrogen-bond acceptors (Lipinski definition) is 2. The van der Waals surface area contributed by atoms with E-state index >= 15 is 0 Å². The molecule has 2 aromatic carbocycles. The van der Waals surface area contributed by atoms with Crippen LogP contribution in [0, 0.1) is 6.92 Å². The van der Waals surface area contributed by atoms with Crippen molar-refractivity contribution in [1.82, 2.24) is 0 Å². The maximum Gasteiger partial charge on any atom is 0.162 e. The molecule has 2 nitrogen and oxygen atoms in total. The largest absolute Gasteiger partial charge is 0.294 e. The number of ketones is 1. The highest BCUT2D eigenvalue weighted by atomic mass is 32.2. The van der Waals surface area contributed by atoms with E-state index in [-0.39, 0.29) is 5.78 Å². The lowest BCUT2D eigenvalue weighted by atomic mass is 10.1. The standard InChI is InChI=1S/C17H18O2S/c1-14-9-11-16(12-10-14)20(19)13-5-8-17(18)15-6-3-2-4-7-15/h2-4,6-7,9-12H,5,8,13H2,1H3. The van der Waals surface area contributed by atoms with Crippen molar-refractivity contribution >= 4 is 16.6 Å². The summed E-state index contributed by atoms with van der Waals surface area (Å²) >= 11 is 0. The second kappa shape index (κ2) is 7.15. The quantitative estimate of drug-likeness (QED) is 0.758. The first-order valence-corrected chi connectivity index (χ1v) is 8.02. The fraction of sp³-hybridized carbons (Fsp3) is 0.235. The molecule has 20 heavy (non-hydrogen) atoms. The monoisotopic (exact) mass is 286 g/mol. The van der Waals surface area contributed by atoms with E-state index in [9.17, 15) is 9.00 Å². The van der Waals surface area contributed by atoms with Crippen molar-refractivity contribution in [3.05, 3.63) is 65.7 Å². The van der Waals surface area contributed by atoms with Gasteiger partial charge in [-0.3, -0.25) is 9.00 Å². The molecule has 0 aliphatic carbocycles. The summed E-state index contributed by atoms with van der Waals surface area (Å²) in [4.78, 5) is 12.7.